The highest BCUT2D eigenvalue weighted by molar-refractivity contribution is 5.75. The average molecular weight is 397 g/mol. The molecule has 8 heteroatoms. The van der Waals surface area contributed by atoms with E-state index in [4.69, 9.17) is 18.7 Å². The third kappa shape index (κ3) is 5.71. The number of benzene rings is 2. The largest absolute Gasteiger partial charge is 0.497 e. The summed E-state index contributed by atoms with van der Waals surface area (Å²) in [5.41, 5.74) is 0.674. The third-order valence-electron chi connectivity index (χ3n) is 4.11. The summed E-state index contributed by atoms with van der Waals surface area (Å²) in [6.45, 7) is 0.628. The van der Waals surface area contributed by atoms with Crippen LogP contribution in [0.1, 0.15) is 18.7 Å². The van der Waals surface area contributed by atoms with Crippen LogP contribution in [0.3, 0.4) is 0 Å². The van der Waals surface area contributed by atoms with Crippen molar-refractivity contribution in [1.82, 2.24) is 15.5 Å². The second-order valence-electron chi connectivity index (χ2n) is 6.12. The number of methoxy groups -OCH3 is 2. The number of aromatic nitrogens is 2. The molecule has 0 saturated carbocycles. The molecule has 0 radical (unpaired) electrons. The highest BCUT2D eigenvalue weighted by Crippen LogP contribution is 2.31. The molecular weight excluding hydrogens is 374 g/mol. The molecule has 0 spiro atoms. The Balaban J connectivity index is 1.46. The summed E-state index contributed by atoms with van der Waals surface area (Å²) in [6, 6.07) is 14.8. The van der Waals surface area contributed by atoms with Crippen LogP contribution in [-0.4, -0.2) is 36.9 Å². The number of ether oxygens (including phenoxy) is 3. The van der Waals surface area contributed by atoms with Crippen LogP contribution in [0.4, 0.5) is 0 Å². The lowest BCUT2D eigenvalue weighted by atomic mass is 10.2. The number of hydrogen-bond acceptors (Lipinski definition) is 7. The minimum absolute atomic E-state index is 0.108. The van der Waals surface area contributed by atoms with Gasteiger partial charge in [-0.1, -0.05) is 23.4 Å². The molecule has 0 aliphatic carbocycles. The monoisotopic (exact) mass is 397 g/mol. The van der Waals surface area contributed by atoms with Gasteiger partial charge in [0, 0.05) is 12.5 Å². The number of carbonyl (C=O) groups excluding carboxylic acids is 1. The zero-order chi connectivity index (χ0) is 20.5. The van der Waals surface area contributed by atoms with Gasteiger partial charge in [-0.25, -0.2) is 0 Å². The molecule has 0 aliphatic rings. The lowest BCUT2D eigenvalue weighted by molar-refractivity contribution is -0.121. The fourth-order valence-electron chi connectivity index (χ4n) is 2.62. The molecule has 0 unspecified atom stereocenters. The standard InChI is InChI=1S/C21H23N3O5/c1-26-16-10-11-17(18(13-16)27-2)21-23-20(29-24-21)14-22-19(25)9-6-12-28-15-7-4-3-5-8-15/h3-5,7-8,10-11,13H,6,9,12,14H2,1-2H3,(H,22,25). The first kappa shape index (κ1) is 20.2. The van der Waals surface area contributed by atoms with Crippen molar-refractivity contribution in [3.8, 4) is 28.6 Å². The number of para-hydroxylation sites is 1. The van der Waals surface area contributed by atoms with Gasteiger partial charge in [-0.05, 0) is 30.7 Å². The van der Waals surface area contributed by atoms with Crippen LogP contribution in [0, 0.1) is 0 Å². The highest BCUT2D eigenvalue weighted by atomic mass is 16.5. The Morgan fingerprint density at radius 2 is 1.90 bits per heavy atom. The van der Waals surface area contributed by atoms with Gasteiger partial charge in [0.15, 0.2) is 0 Å². The zero-order valence-corrected chi connectivity index (χ0v) is 16.4. The van der Waals surface area contributed by atoms with Crippen LogP contribution in [0.5, 0.6) is 17.2 Å². The Labute approximate surface area is 168 Å². The van der Waals surface area contributed by atoms with Crippen molar-refractivity contribution in [3.05, 3.63) is 54.4 Å². The molecule has 3 aromatic rings. The molecule has 0 bridgehead atoms. The maximum Gasteiger partial charge on any atom is 0.246 e. The normalized spacial score (nSPS) is 10.4. The third-order valence-corrected chi connectivity index (χ3v) is 4.11. The SMILES string of the molecule is COc1ccc(-c2noc(CNC(=O)CCCOc3ccccc3)n2)c(OC)c1. The molecule has 8 nitrogen and oxygen atoms in total. The molecule has 29 heavy (non-hydrogen) atoms. The Morgan fingerprint density at radius 1 is 1.07 bits per heavy atom. The first-order chi connectivity index (χ1) is 14.2. The van der Waals surface area contributed by atoms with E-state index in [1.807, 2.05) is 30.3 Å². The fraction of sp³-hybridized carbons (Fsp3) is 0.286. The van der Waals surface area contributed by atoms with E-state index in [1.54, 1.807) is 32.4 Å². The first-order valence-electron chi connectivity index (χ1n) is 9.19. The summed E-state index contributed by atoms with van der Waals surface area (Å²) in [6.07, 6.45) is 0.957. The van der Waals surface area contributed by atoms with E-state index in [2.05, 4.69) is 15.5 Å². The summed E-state index contributed by atoms with van der Waals surface area (Å²) in [5.74, 6) is 2.61. The van der Waals surface area contributed by atoms with E-state index < -0.39 is 0 Å². The maximum atomic E-state index is 12.0. The Kier molecular flexibility index (Phi) is 7.05. The second kappa shape index (κ2) is 10.1. The number of nitrogens with zero attached hydrogens (tertiary/aromatic N) is 2. The summed E-state index contributed by atoms with van der Waals surface area (Å²) in [7, 11) is 3.14. The fourth-order valence-corrected chi connectivity index (χ4v) is 2.62. The van der Waals surface area contributed by atoms with Gasteiger partial charge in [0.1, 0.15) is 17.2 Å². The van der Waals surface area contributed by atoms with Crippen LogP contribution in [-0.2, 0) is 11.3 Å². The summed E-state index contributed by atoms with van der Waals surface area (Å²) < 4.78 is 21.3. The van der Waals surface area contributed by atoms with Gasteiger partial charge < -0.3 is 24.1 Å². The lowest BCUT2D eigenvalue weighted by Gasteiger charge is -2.07. The number of rotatable bonds is 10. The Morgan fingerprint density at radius 3 is 2.66 bits per heavy atom. The van der Waals surface area contributed by atoms with Crippen LogP contribution >= 0.6 is 0 Å². The van der Waals surface area contributed by atoms with Gasteiger partial charge in [-0.3, -0.25) is 4.79 Å². The molecule has 3 rings (SSSR count). The molecule has 0 atom stereocenters. The van der Waals surface area contributed by atoms with E-state index in [0.29, 0.717) is 48.2 Å². The van der Waals surface area contributed by atoms with E-state index in [-0.39, 0.29) is 12.5 Å². The molecular formula is C21H23N3O5. The van der Waals surface area contributed by atoms with Crippen molar-refractivity contribution in [2.45, 2.75) is 19.4 Å². The number of carbonyl (C=O) groups is 1. The predicted molar refractivity (Wildman–Crippen MR) is 106 cm³/mol. The predicted octanol–water partition coefficient (Wildman–Crippen LogP) is 3.23. The van der Waals surface area contributed by atoms with Crippen LogP contribution in [0.25, 0.3) is 11.4 Å². The van der Waals surface area contributed by atoms with Crippen LogP contribution in [0.2, 0.25) is 0 Å². The maximum absolute atomic E-state index is 12.0. The van der Waals surface area contributed by atoms with Crippen molar-refractivity contribution in [1.29, 1.82) is 0 Å². The smallest absolute Gasteiger partial charge is 0.246 e. The van der Waals surface area contributed by atoms with Crippen molar-refractivity contribution < 1.29 is 23.5 Å². The van der Waals surface area contributed by atoms with Crippen LogP contribution in [0.15, 0.2) is 53.1 Å². The molecule has 0 aliphatic heterocycles. The average Bonchev–Trinajstić information content (AvgIpc) is 3.24. The summed E-state index contributed by atoms with van der Waals surface area (Å²) in [5, 5.41) is 6.73. The molecule has 1 N–H and O–H groups in total. The van der Waals surface area contributed by atoms with Crippen molar-refractivity contribution >= 4 is 5.91 Å². The minimum atomic E-state index is -0.108. The first-order valence-corrected chi connectivity index (χ1v) is 9.19. The van der Waals surface area contributed by atoms with Gasteiger partial charge in [0.2, 0.25) is 17.6 Å². The summed E-state index contributed by atoms with van der Waals surface area (Å²) in [4.78, 5) is 16.3. The lowest BCUT2D eigenvalue weighted by Crippen LogP contribution is -2.23. The number of amides is 1. The molecule has 1 aromatic heterocycles. The second-order valence-corrected chi connectivity index (χ2v) is 6.12. The van der Waals surface area contributed by atoms with Gasteiger partial charge in [0.25, 0.3) is 0 Å². The molecule has 152 valence electrons. The zero-order valence-electron chi connectivity index (χ0n) is 16.4. The van der Waals surface area contributed by atoms with Gasteiger partial charge in [-0.2, -0.15) is 4.98 Å². The molecule has 0 saturated heterocycles. The highest BCUT2D eigenvalue weighted by Gasteiger charge is 2.15. The van der Waals surface area contributed by atoms with E-state index in [0.717, 1.165) is 5.75 Å². The Hall–Kier alpha value is -3.55. The van der Waals surface area contributed by atoms with E-state index in [9.17, 15) is 4.79 Å². The number of nitrogens with one attached hydrogen (secondary N) is 1. The molecule has 2 aromatic carbocycles. The Bertz CT molecular complexity index is 927. The minimum Gasteiger partial charge on any atom is -0.497 e. The van der Waals surface area contributed by atoms with E-state index >= 15 is 0 Å². The van der Waals surface area contributed by atoms with Crippen molar-refractivity contribution in [2.75, 3.05) is 20.8 Å². The van der Waals surface area contributed by atoms with Crippen molar-refractivity contribution in [2.24, 2.45) is 0 Å². The van der Waals surface area contributed by atoms with Gasteiger partial charge in [0.05, 0.1) is 32.9 Å². The van der Waals surface area contributed by atoms with Gasteiger partial charge in [-0.15, -0.1) is 0 Å². The molecule has 1 amide bonds. The molecule has 1 heterocycles. The quantitative estimate of drug-likeness (QED) is 0.525. The van der Waals surface area contributed by atoms with Crippen LogP contribution < -0.4 is 19.5 Å². The number of hydrogen-bond donors (Lipinski definition) is 1. The molecule has 0 fully saturated rings. The topological polar surface area (TPSA) is 95.7 Å². The van der Waals surface area contributed by atoms with Gasteiger partial charge >= 0.3 is 0 Å². The van der Waals surface area contributed by atoms with E-state index in [1.165, 1.54) is 0 Å². The summed E-state index contributed by atoms with van der Waals surface area (Å²) >= 11 is 0. The van der Waals surface area contributed by atoms with Crippen molar-refractivity contribution in [3.63, 3.8) is 0 Å².